The van der Waals surface area contributed by atoms with E-state index in [1.807, 2.05) is 0 Å². The van der Waals surface area contributed by atoms with Gasteiger partial charge in [0.1, 0.15) is 0 Å². The van der Waals surface area contributed by atoms with Gasteiger partial charge in [-0.1, -0.05) is 0 Å². The number of phosphoric acid groups is 1. The molecule has 0 atom stereocenters. The summed E-state index contributed by atoms with van der Waals surface area (Å²) >= 11 is 1.31. The van der Waals surface area contributed by atoms with E-state index in [2.05, 4.69) is 0 Å². The molecule has 7 heteroatoms. The molecule has 0 aromatic rings. The van der Waals surface area contributed by atoms with Crippen molar-refractivity contribution in [1.82, 2.24) is 0 Å². The van der Waals surface area contributed by atoms with Gasteiger partial charge in [0.2, 0.25) is 0 Å². The van der Waals surface area contributed by atoms with Gasteiger partial charge in [-0.15, -0.1) is 0 Å². The normalized spacial score (nSPS) is 9.14. The molecule has 0 bridgehead atoms. The summed E-state index contributed by atoms with van der Waals surface area (Å²) in [5, 5.41) is 0. The van der Waals surface area contributed by atoms with E-state index in [0.717, 1.165) is 0 Å². The van der Waals surface area contributed by atoms with Crippen LogP contribution >= 0.6 is 7.82 Å². The van der Waals surface area contributed by atoms with E-state index in [1.54, 1.807) is 0 Å². The Morgan fingerprint density at radius 3 is 1.14 bits per heavy atom. The van der Waals surface area contributed by atoms with Crippen LogP contribution in [0.5, 0.6) is 0 Å². The number of hydrogen-bond acceptors (Lipinski definition) is 2. The zero-order chi connectivity index (χ0) is 6.50. The molecule has 4 N–H and O–H groups in total. The minimum atomic E-state index is -4.64. The Morgan fingerprint density at radius 1 is 1.14 bits per heavy atom. The minimum absolute atomic E-state index is 1.31. The van der Waals surface area contributed by atoms with Crippen molar-refractivity contribution >= 4 is 7.82 Å². The molecule has 44 valence electrons. The zero-order valence-corrected chi connectivity index (χ0v) is 5.38. The van der Waals surface area contributed by atoms with Crippen molar-refractivity contribution < 1.29 is 41.1 Å². The van der Waals surface area contributed by atoms with Crippen LogP contribution in [-0.2, 0) is 22.3 Å². The average Bonchev–Trinajstić information content (AvgIpc) is 1.36. The fourth-order valence-corrected chi connectivity index (χ4v) is 0. The van der Waals surface area contributed by atoms with E-state index >= 15 is 0 Å². The molecular weight excluding hydrogens is 162 g/mol. The molecule has 0 spiro atoms. The van der Waals surface area contributed by atoms with Crippen LogP contribution in [0.15, 0.2) is 0 Å². The summed E-state index contributed by atoms with van der Waals surface area (Å²) in [6, 6.07) is 0. The molecule has 0 saturated carbocycles. The summed E-state index contributed by atoms with van der Waals surface area (Å²) < 4.78 is 15.8. The second kappa shape index (κ2) is 4.80. The monoisotopic (exact) mass is 166 g/mol. The van der Waals surface area contributed by atoms with Gasteiger partial charge in [-0.3, -0.25) is 0 Å². The standard InChI is InChI=1S/H3O4P.H2O.V/c1-5(2,3)4;;/h(H3,1,2,3,4);1H2;/q;;+1/p-1. The summed E-state index contributed by atoms with van der Waals surface area (Å²) in [4.78, 5) is 21.6. The molecule has 0 aromatic heterocycles. The van der Waals surface area contributed by atoms with Gasteiger partial charge in [0.05, 0.1) is 0 Å². The van der Waals surface area contributed by atoms with Crippen LogP contribution in [0.3, 0.4) is 0 Å². The summed E-state index contributed by atoms with van der Waals surface area (Å²) in [5.74, 6) is 0. The molecule has 7 heavy (non-hydrogen) atoms. The quantitative estimate of drug-likeness (QED) is 0.328. The number of hydrogen-bond donors (Lipinski definition) is 4. The molecule has 0 rings (SSSR count). The van der Waals surface area contributed by atoms with Crippen molar-refractivity contribution in [2.24, 2.45) is 0 Å². The van der Waals surface area contributed by atoms with Crippen molar-refractivity contribution in [3.05, 3.63) is 0 Å². The Morgan fingerprint density at radius 2 is 1.14 bits per heavy atom. The first-order valence-corrected chi connectivity index (χ1v) is 3.17. The van der Waals surface area contributed by atoms with Crippen LogP contribution in [0.25, 0.3) is 0 Å². The fourth-order valence-electron chi connectivity index (χ4n) is 0. The maximum absolute atomic E-state index is 8.88. The molecule has 0 saturated heterocycles. The molecular formula is H4O5PV. The van der Waals surface area contributed by atoms with Gasteiger partial charge in [0.25, 0.3) is 0 Å². The molecule has 0 amide bonds. The van der Waals surface area contributed by atoms with Crippen molar-refractivity contribution in [3.63, 3.8) is 0 Å². The molecule has 0 radical (unpaired) electrons. The van der Waals surface area contributed by atoms with Crippen LogP contribution in [0.2, 0.25) is 0 Å². The van der Waals surface area contributed by atoms with Gasteiger partial charge in [-0.25, -0.2) is 4.57 Å². The van der Waals surface area contributed by atoms with Gasteiger partial charge in [0, 0.05) is 0 Å². The molecule has 0 aliphatic rings. The number of rotatable bonds is 0. The molecule has 5 nitrogen and oxygen atoms in total. The SMILES string of the molecule is O=P(O)(O)O.[OH][V]. The second-order valence-electron chi connectivity index (χ2n) is 0.513. The fraction of sp³-hybridized carbons (Fsp3) is 0. The van der Waals surface area contributed by atoms with Crippen molar-refractivity contribution in [1.29, 1.82) is 0 Å². The second-order valence-corrected chi connectivity index (χ2v) is 1.54. The van der Waals surface area contributed by atoms with E-state index in [9.17, 15) is 0 Å². The van der Waals surface area contributed by atoms with E-state index in [4.69, 9.17) is 23.3 Å². The predicted octanol–water partition coefficient (Wildman–Crippen LogP) is -1.49. The van der Waals surface area contributed by atoms with E-state index in [1.165, 1.54) is 17.8 Å². The van der Waals surface area contributed by atoms with Crippen LogP contribution in [-0.4, -0.2) is 18.7 Å². The average molecular weight is 166 g/mol. The Kier molecular flexibility index (Phi) is 7.28. The van der Waals surface area contributed by atoms with E-state index in [0.29, 0.717) is 0 Å². The van der Waals surface area contributed by atoms with E-state index in [-0.39, 0.29) is 0 Å². The first-order valence-electron chi connectivity index (χ1n) is 0.983. The Hall–Kier alpha value is 0.654. The van der Waals surface area contributed by atoms with Crippen LogP contribution in [0.4, 0.5) is 0 Å². The van der Waals surface area contributed by atoms with Gasteiger partial charge in [-0.2, -0.15) is 0 Å². The van der Waals surface area contributed by atoms with Crippen molar-refractivity contribution in [3.8, 4) is 0 Å². The summed E-state index contributed by atoms with van der Waals surface area (Å²) in [6.07, 6.45) is 0. The third-order valence-electron chi connectivity index (χ3n) is 0. The predicted molar refractivity (Wildman–Crippen MR) is 16.5 cm³/mol. The molecule has 0 heterocycles. The molecule has 0 aliphatic heterocycles. The third-order valence-corrected chi connectivity index (χ3v) is 0. The first kappa shape index (κ1) is 10.6. The summed E-state index contributed by atoms with van der Waals surface area (Å²) in [5.41, 5.74) is 0. The van der Waals surface area contributed by atoms with Gasteiger partial charge < -0.3 is 14.7 Å². The molecule has 0 aliphatic carbocycles. The maximum atomic E-state index is 8.88. The topological polar surface area (TPSA) is 98.0 Å². The van der Waals surface area contributed by atoms with Crippen LogP contribution < -0.4 is 0 Å². The first-order chi connectivity index (χ1) is 3.00. The zero-order valence-electron chi connectivity index (χ0n) is 3.09. The molecule has 0 fully saturated rings. The third kappa shape index (κ3) is 337. The molecule has 0 aromatic carbocycles. The summed E-state index contributed by atoms with van der Waals surface area (Å²) in [7, 11) is -4.64. The van der Waals surface area contributed by atoms with Crippen LogP contribution in [0.1, 0.15) is 0 Å². The van der Waals surface area contributed by atoms with Crippen LogP contribution in [0, 0.1) is 0 Å². The van der Waals surface area contributed by atoms with Gasteiger partial charge >= 0.3 is 29.6 Å². The molecule has 0 unspecified atom stereocenters. The Bertz CT molecular complexity index is 54.2. The van der Waals surface area contributed by atoms with Crippen molar-refractivity contribution in [2.45, 2.75) is 0 Å². The van der Waals surface area contributed by atoms with E-state index < -0.39 is 7.82 Å². The van der Waals surface area contributed by atoms with Gasteiger partial charge in [0.15, 0.2) is 0 Å². The van der Waals surface area contributed by atoms with Gasteiger partial charge in [-0.05, 0) is 0 Å². The van der Waals surface area contributed by atoms with Crippen molar-refractivity contribution in [2.75, 3.05) is 0 Å². The Balaban J connectivity index is 0. The Labute approximate surface area is 49.6 Å². The summed E-state index contributed by atoms with van der Waals surface area (Å²) in [6.45, 7) is 0.